The quantitative estimate of drug-likeness (QED) is 0.135. The Balaban J connectivity index is 1.41. The van der Waals surface area contributed by atoms with Gasteiger partial charge in [0.25, 0.3) is 0 Å². The lowest BCUT2D eigenvalue weighted by Crippen LogP contribution is -2.61. The normalized spacial score (nSPS) is 44.0. The standard InChI is InChI=1S/C23H42O13/c1-2-3-4-5-6-7-8-31-21-19(29)16(26)13(10-33-21)36-23-20(30)17(27)14(11-34-23)35-22-18(28)15(25)12(24)9-32-22/h12-30H,2-11H2,1H3/t12-,13-,14-,15+,16+,17+,18-,19-,20-,21-,22+,23+/m1/s1. The molecular weight excluding hydrogens is 484 g/mol. The van der Waals surface area contributed by atoms with Crippen molar-refractivity contribution in [3.05, 3.63) is 0 Å². The predicted molar refractivity (Wildman–Crippen MR) is 120 cm³/mol. The maximum atomic E-state index is 10.5. The number of aliphatic hydroxyl groups excluding tert-OH is 7. The third kappa shape index (κ3) is 7.76. The molecular formula is C23H42O13. The van der Waals surface area contributed by atoms with Gasteiger partial charge in [-0.25, -0.2) is 0 Å². The molecule has 3 heterocycles. The van der Waals surface area contributed by atoms with E-state index in [1.165, 1.54) is 19.3 Å². The van der Waals surface area contributed by atoms with Crippen LogP contribution in [0, 0.1) is 0 Å². The van der Waals surface area contributed by atoms with Crippen LogP contribution in [0.25, 0.3) is 0 Å². The lowest BCUT2D eigenvalue weighted by molar-refractivity contribution is -0.348. The highest BCUT2D eigenvalue weighted by Crippen LogP contribution is 2.27. The molecule has 13 nitrogen and oxygen atoms in total. The van der Waals surface area contributed by atoms with Crippen LogP contribution in [0.1, 0.15) is 45.4 Å². The van der Waals surface area contributed by atoms with Crippen molar-refractivity contribution < 1.29 is 64.2 Å². The molecule has 3 aliphatic heterocycles. The third-order valence-electron chi connectivity index (χ3n) is 6.72. The van der Waals surface area contributed by atoms with E-state index in [1.54, 1.807) is 0 Å². The second-order valence-corrected chi connectivity index (χ2v) is 9.60. The lowest BCUT2D eigenvalue weighted by atomic mass is 10.0. The summed E-state index contributed by atoms with van der Waals surface area (Å²) in [6.07, 6.45) is -9.66. The minimum atomic E-state index is -1.61. The zero-order valence-electron chi connectivity index (χ0n) is 20.6. The highest BCUT2D eigenvalue weighted by atomic mass is 16.7. The molecule has 13 heteroatoms. The molecule has 0 aromatic rings. The van der Waals surface area contributed by atoms with E-state index in [9.17, 15) is 35.7 Å². The van der Waals surface area contributed by atoms with E-state index < -0.39 is 73.8 Å². The molecule has 3 saturated heterocycles. The van der Waals surface area contributed by atoms with E-state index in [0.29, 0.717) is 6.61 Å². The number of ether oxygens (including phenoxy) is 6. The number of hydrogen-bond acceptors (Lipinski definition) is 13. The van der Waals surface area contributed by atoms with Crippen LogP contribution in [-0.2, 0) is 28.4 Å². The molecule has 3 fully saturated rings. The largest absolute Gasteiger partial charge is 0.388 e. The predicted octanol–water partition coefficient (Wildman–Crippen LogP) is -2.27. The fraction of sp³-hybridized carbons (Fsp3) is 1.00. The highest BCUT2D eigenvalue weighted by molar-refractivity contribution is 4.90. The topological polar surface area (TPSA) is 197 Å². The Labute approximate surface area is 210 Å². The van der Waals surface area contributed by atoms with E-state index in [-0.39, 0.29) is 19.8 Å². The zero-order valence-corrected chi connectivity index (χ0v) is 20.6. The first-order chi connectivity index (χ1) is 17.2. The van der Waals surface area contributed by atoms with E-state index >= 15 is 0 Å². The number of hydrogen-bond donors (Lipinski definition) is 7. The van der Waals surface area contributed by atoms with Gasteiger partial charge < -0.3 is 64.2 Å². The Morgan fingerprint density at radius 2 is 1.03 bits per heavy atom. The molecule has 12 atom stereocenters. The second kappa shape index (κ2) is 14.6. The van der Waals surface area contributed by atoms with Crippen molar-refractivity contribution in [3.63, 3.8) is 0 Å². The minimum Gasteiger partial charge on any atom is -0.388 e. The summed E-state index contributed by atoms with van der Waals surface area (Å²) in [7, 11) is 0. The first-order valence-corrected chi connectivity index (χ1v) is 12.8. The minimum absolute atomic E-state index is 0.135. The van der Waals surface area contributed by atoms with Crippen LogP contribution in [-0.4, -0.2) is 136 Å². The fourth-order valence-electron chi connectivity index (χ4n) is 4.37. The second-order valence-electron chi connectivity index (χ2n) is 9.60. The zero-order chi connectivity index (χ0) is 26.2. The molecule has 0 radical (unpaired) electrons. The summed E-state index contributed by atoms with van der Waals surface area (Å²) in [6.45, 7) is 1.85. The first-order valence-electron chi connectivity index (χ1n) is 12.8. The monoisotopic (exact) mass is 526 g/mol. The lowest BCUT2D eigenvalue weighted by Gasteiger charge is -2.43. The van der Waals surface area contributed by atoms with Crippen LogP contribution in [0.3, 0.4) is 0 Å². The van der Waals surface area contributed by atoms with E-state index in [2.05, 4.69) is 6.92 Å². The van der Waals surface area contributed by atoms with Gasteiger partial charge in [-0.3, -0.25) is 0 Å². The Kier molecular flexibility index (Phi) is 12.2. The molecule has 0 spiro atoms. The van der Waals surface area contributed by atoms with Gasteiger partial charge in [-0.15, -0.1) is 0 Å². The van der Waals surface area contributed by atoms with Crippen LogP contribution in [0.5, 0.6) is 0 Å². The van der Waals surface area contributed by atoms with Crippen molar-refractivity contribution in [2.45, 2.75) is 119 Å². The van der Waals surface area contributed by atoms with Gasteiger partial charge >= 0.3 is 0 Å². The van der Waals surface area contributed by atoms with Gasteiger partial charge in [-0.1, -0.05) is 39.0 Å². The first kappa shape index (κ1) is 30.0. The van der Waals surface area contributed by atoms with Crippen LogP contribution in [0.4, 0.5) is 0 Å². The van der Waals surface area contributed by atoms with Crippen molar-refractivity contribution >= 4 is 0 Å². The molecule has 0 saturated carbocycles. The van der Waals surface area contributed by atoms with Crippen LogP contribution in [0.2, 0.25) is 0 Å². The van der Waals surface area contributed by atoms with Crippen molar-refractivity contribution in [1.82, 2.24) is 0 Å². The molecule has 3 aliphatic rings. The molecule has 0 aromatic carbocycles. The molecule has 0 unspecified atom stereocenters. The Bertz CT molecular complexity index is 627. The molecule has 0 aliphatic carbocycles. The third-order valence-corrected chi connectivity index (χ3v) is 6.72. The van der Waals surface area contributed by atoms with Crippen LogP contribution in [0.15, 0.2) is 0 Å². The van der Waals surface area contributed by atoms with E-state index in [1.807, 2.05) is 0 Å². The SMILES string of the molecule is CCCCCCCCO[C@@H]1OC[C@@H](O[C@@H]2OC[C@@H](O[C@@H]3OC[C@@H](O)[C@H](O)[C@H]3O)[C@H](O)[C@H]2O)[C@H](O)[C@H]1O. The van der Waals surface area contributed by atoms with Crippen LogP contribution < -0.4 is 0 Å². The van der Waals surface area contributed by atoms with Crippen molar-refractivity contribution in [2.24, 2.45) is 0 Å². The summed E-state index contributed by atoms with van der Waals surface area (Å²) in [4.78, 5) is 0. The van der Waals surface area contributed by atoms with Gasteiger partial charge in [0, 0.05) is 6.61 Å². The number of aliphatic hydroxyl groups is 7. The maximum absolute atomic E-state index is 10.5. The van der Waals surface area contributed by atoms with Crippen molar-refractivity contribution in [2.75, 3.05) is 26.4 Å². The van der Waals surface area contributed by atoms with Crippen LogP contribution >= 0.6 is 0 Å². The summed E-state index contributed by atoms with van der Waals surface area (Å²) >= 11 is 0. The van der Waals surface area contributed by atoms with E-state index in [4.69, 9.17) is 28.4 Å². The van der Waals surface area contributed by atoms with Gasteiger partial charge in [0.15, 0.2) is 18.9 Å². The average molecular weight is 527 g/mol. The number of rotatable bonds is 12. The Morgan fingerprint density at radius 3 is 1.64 bits per heavy atom. The van der Waals surface area contributed by atoms with Gasteiger partial charge in [-0.2, -0.15) is 0 Å². The average Bonchev–Trinajstić information content (AvgIpc) is 2.87. The molecule has 36 heavy (non-hydrogen) atoms. The van der Waals surface area contributed by atoms with Gasteiger partial charge in [0.2, 0.25) is 0 Å². The fourth-order valence-corrected chi connectivity index (χ4v) is 4.37. The molecule has 0 amide bonds. The smallest absolute Gasteiger partial charge is 0.186 e. The molecule has 7 N–H and O–H groups in total. The summed E-state index contributed by atoms with van der Waals surface area (Å²) in [5.41, 5.74) is 0. The van der Waals surface area contributed by atoms with Crippen molar-refractivity contribution in [3.8, 4) is 0 Å². The molecule has 212 valence electrons. The molecule has 0 aromatic heterocycles. The Morgan fingerprint density at radius 1 is 0.556 bits per heavy atom. The highest BCUT2D eigenvalue weighted by Gasteiger charge is 2.47. The maximum Gasteiger partial charge on any atom is 0.186 e. The molecule has 0 bridgehead atoms. The summed E-state index contributed by atoms with van der Waals surface area (Å²) in [5.74, 6) is 0. The van der Waals surface area contributed by atoms with E-state index in [0.717, 1.165) is 19.3 Å². The van der Waals surface area contributed by atoms with Gasteiger partial charge in [-0.05, 0) is 6.42 Å². The van der Waals surface area contributed by atoms with Gasteiger partial charge in [0.05, 0.1) is 19.8 Å². The van der Waals surface area contributed by atoms with Crippen molar-refractivity contribution in [1.29, 1.82) is 0 Å². The molecule has 3 rings (SSSR count). The van der Waals surface area contributed by atoms with Gasteiger partial charge in [0.1, 0.15) is 54.9 Å². The summed E-state index contributed by atoms with van der Waals surface area (Å²) in [6, 6.07) is 0. The summed E-state index contributed by atoms with van der Waals surface area (Å²) in [5, 5.41) is 71.1. The summed E-state index contributed by atoms with van der Waals surface area (Å²) < 4.78 is 32.7. The Hall–Kier alpha value is -0.520. The number of unbranched alkanes of at least 4 members (excludes halogenated alkanes) is 5.